The molecular formula is C12H19N3O. The van der Waals surface area contributed by atoms with E-state index in [1.54, 1.807) is 7.05 Å². The average Bonchev–Trinajstić information content (AvgIpc) is 2.28. The summed E-state index contributed by atoms with van der Waals surface area (Å²) in [6.45, 7) is 4.26. The van der Waals surface area contributed by atoms with E-state index in [9.17, 15) is 4.79 Å². The van der Waals surface area contributed by atoms with E-state index in [2.05, 4.69) is 24.7 Å². The molecule has 4 nitrogen and oxygen atoms in total. The van der Waals surface area contributed by atoms with Crippen molar-refractivity contribution in [3.63, 3.8) is 0 Å². The smallest absolute Gasteiger partial charge is 0.255 e. The minimum Gasteiger partial charge on any atom is -0.316 e. The molecule has 0 fully saturated rings. The van der Waals surface area contributed by atoms with Gasteiger partial charge >= 0.3 is 0 Å². The molecule has 1 amide bonds. The summed E-state index contributed by atoms with van der Waals surface area (Å²) >= 11 is 0. The van der Waals surface area contributed by atoms with Gasteiger partial charge in [0.25, 0.3) is 5.91 Å². The summed E-state index contributed by atoms with van der Waals surface area (Å²) in [4.78, 5) is 11.5. The standard InChI is InChI=1S/C12H19N3O/c1-8(2)9-4-6-10(7-5-9)11(13)12(16)15-14-3/h4-8,11,14H,13H2,1-3H3,(H,15,16). The third-order valence-corrected chi connectivity index (χ3v) is 2.49. The number of benzene rings is 1. The molecule has 1 rings (SSSR count). The van der Waals surface area contributed by atoms with Crippen LogP contribution in [0.1, 0.15) is 36.9 Å². The van der Waals surface area contributed by atoms with E-state index in [4.69, 9.17) is 5.73 Å². The first-order valence-electron chi connectivity index (χ1n) is 5.38. The number of amides is 1. The predicted octanol–water partition coefficient (Wildman–Crippen LogP) is 1.06. The first kappa shape index (κ1) is 12.7. The highest BCUT2D eigenvalue weighted by Crippen LogP contribution is 2.17. The molecule has 4 heteroatoms. The van der Waals surface area contributed by atoms with Gasteiger partial charge in [-0.05, 0) is 17.0 Å². The lowest BCUT2D eigenvalue weighted by atomic mass is 9.99. The van der Waals surface area contributed by atoms with Gasteiger partial charge in [-0.2, -0.15) is 0 Å². The number of nitrogens with one attached hydrogen (secondary N) is 2. The highest BCUT2D eigenvalue weighted by molar-refractivity contribution is 5.82. The lowest BCUT2D eigenvalue weighted by Gasteiger charge is -2.13. The van der Waals surface area contributed by atoms with Gasteiger partial charge in [-0.1, -0.05) is 38.1 Å². The average molecular weight is 221 g/mol. The van der Waals surface area contributed by atoms with E-state index in [-0.39, 0.29) is 5.91 Å². The van der Waals surface area contributed by atoms with Crippen LogP contribution in [0.15, 0.2) is 24.3 Å². The van der Waals surface area contributed by atoms with Crippen LogP contribution in [-0.2, 0) is 4.79 Å². The Morgan fingerprint density at radius 2 is 1.69 bits per heavy atom. The molecule has 0 saturated heterocycles. The summed E-state index contributed by atoms with van der Waals surface area (Å²) in [5.41, 5.74) is 12.9. The van der Waals surface area contributed by atoms with E-state index in [0.29, 0.717) is 5.92 Å². The highest BCUT2D eigenvalue weighted by Gasteiger charge is 2.14. The van der Waals surface area contributed by atoms with Gasteiger partial charge in [0.1, 0.15) is 6.04 Å². The van der Waals surface area contributed by atoms with E-state index >= 15 is 0 Å². The second kappa shape index (κ2) is 5.63. The van der Waals surface area contributed by atoms with Gasteiger partial charge in [0.05, 0.1) is 0 Å². The quantitative estimate of drug-likeness (QED) is 0.666. The second-order valence-electron chi connectivity index (χ2n) is 4.04. The molecule has 88 valence electrons. The Kier molecular flexibility index (Phi) is 4.46. The number of hydrazine groups is 1. The molecule has 0 aliphatic heterocycles. The van der Waals surface area contributed by atoms with Crippen molar-refractivity contribution in [2.24, 2.45) is 5.73 Å². The predicted molar refractivity (Wildman–Crippen MR) is 64.7 cm³/mol. The summed E-state index contributed by atoms with van der Waals surface area (Å²) in [5, 5.41) is 0. The van der Waals surface area contributed by atoms with Crippen molar-refractivity contribution < 1.29 is 4.79 Å². The molecular weight excluding hydrogens is 202 g/mol. The van der Waals surface area contributed by atoms with Gasteiger partial charge in [-0.25, -0.2) is 5.43 Å². The molecule has 1 atom stereocenters. The van der Waals surface area contributed by atoms with Crippen LogP contribution in [0.25, 0.3) is 0 Å². The number of hydrogen-bond acceptors (Lipinski definition) is 3. The lowest BCUT2D eigenvalue weighted by molar-refractivity contribution is -0.123. The van der Waals surface area contributed by atoms with Crippen molar-refractivity contribution in [2.75, 3.05) is 7.05 Å². The monoisotopic (exact) mass is 221 g/mol. The van der Waals surface area contributed by atoms with E-state index < -0.39 is 6.04 Å². The number of rotatable bonds is 4. The Bertz CT molecular complexity index is 346. The fourth-order valence-corrected chi connectivity index (χ4v) is 1.44. The molecule has 1 aromatic carbocycles. The van der Waals surface area contributed by atoms with Crippen LogP contribution in [0.3, 0.4) is 0 Å². The third kappa shape index (κ3) is 3.05. The molecule has 0 radical (unpaired) electrons. The van der Waals surface area contributed by atoms with Crippen LogP contribution in [0.5, 0.6) is 0 Å². The van der Waals surface area contributed by atoms with E-state index in [0.717, 1.165) is 5.56 Å². The van der Waals surface area contributed by atoms with Crippen LogP contribution in [0.2, 0.25) is 0 Å². The summed E-state index contributed by atoms with van der Waals surface area (Å²) < 4.78 is 0. The van der Waals surface area contributed by atoms with Crippen LogP contribution in [0, 0.1) is 0 Å². The van der Waals surface area contributed by atoms with Crippen molar-refractivity contribution in [3.8, 4) is 0 Å². The lowest BCUT2D eigenvalue weighted by Crippen LogP contribution is -2.40. The number of carbonyl (C=O) groups excluding carboxylic acids is 1. The van der Waals surface area contributed by atoms with Crippen molar-refractivity contribution in [1.29, 1.82) is 0 Å². The number of carbonyl (C=O) groups is 1. The van der Waals surface area contributed by atoms with E-state index in [1.807, 2.05) is 24.3 Å². The van der Waals surface area contributed by atoms with Gasteiger partial charge in [-0.15, -0.1) is 0 Å². The highest BCUT2D eigenvalue weighted by atomic mass is 16.2. The van der Waals surface area contributed by atoms with Gasteiger partial charge < -0.3 is 5.73 Å². The maximum Gasteiger partial charge on any atom is 0.255 e. The molecule has 0 aliphatic carbocycles. The maximum atomic E-state index is 11.5. The Hall–Kier alpha value is -1.39. The fraction of sp³-hybridized carbons (Fsp3) is 0.417. The molecule has 4 N–H and O–H groups in total. The van der Waals surface area contributed by atoms with Crippen molar-refractivity contribution in [2.45, 2.75) is 25.8 Å². The van der Waals surface area contributed by atoms with Gasteiger partial charge in [0, 0.05) is 7.05 Å². The molecule has 0 saturated carbocycles. The van der Waals surface area contributed by atoms with Crippen LogP contribution in [-0.4, -0.2) is 13.0 Å². The summed E-state index contributed by atoms with van der Waals surface area (Å²) in [6, 6.07) is 7.18. The zero-order chi connectivity index (χ0) is 12.1. The van der Waals surface area contributed by atoms with Crippen molar-refractivity contribution in [3.05, 3.63) is 35.4 Å². The SMILES string of the molecule is CNNC(=O)C(N)c1ccc(C(C)C)cc1. The van der Waals surface area contributed by atoms with Crippen LogP contribution >= 0.6 is 0 Å². The Labute approximate surface area is 96.2 Å². The molecule has 1 unspecified atom stereocenters. The number of nitrogens with two attached hydrogens (primary N) is 1. The fourth-order valence-electron chi connectivity index (χ4n) is 1.44. The van der Waals surface area contributed by atoms with Crippen molar-refractivity contribution in [1.82, 2.24) is 10.9 Å². The Morgan fingerprint density at radius 3 is 2.12 bits per heavy atom. The third-order valence-electron chi connectivity index (χ3n) is 2.49. The maximum absolute atomic E-state index is 11.5. The Morgan fingerprint density at radius 1 is 1.19 bits per heavy atom. The number of hydrogen-bond donors (Lipinski definition) is 3. The van der Waals surface area contributed by atoms with Crippen LogP contribution in [0.4, 0.5) is 0 Å². The van der Waals surface area contributed by atoms with Crippen molar-refractivity contribution >= 4 is 5.91 Å². The summed E-state index contributed by atoms with van der Waals surface area (Å²) in [6.07, 6.45) is 0. The Balaban J connectivity index is 2.77. The first-order valence-corrected chi connectivity index (χ1v) is 5.38. The molecule has 0 bridgehead atoms. The molecule has 0 spiro atoms. The molecule has 0 aromatic heterocycles. The zero-order valence-electron chi connectivity index (χ0n) is 9.95. The topological polar surface area (TPSA) is 67.1 Å². The second-order valence-corrected chi connectivity index (χ2v) is 4.04. The molecule has 16 heavy (non-hydrogen) atoms. The van der Waals surface area contributed by atoms with Gasteiger partial charge in [-0.3, -0.25) is 10.2 Å². The van der Waals surface area contributed by atoms with Crippen LogP contribution < -0.4 is 16.6 Å². The minimum absolute atomic E-state index is 0.236. The minimum atomic E-state index is -0.631. The molecule has 0 heterocycles. The summed E-state index contributed by atoms with van der Waals surface area (Å²) in [5.74, 6) is 0.246. The molecule has 0 aliphatic rings. The zero-order valence-corrected chi connectivity index (χ0v) is 9.95. The first-order chi connectivity index (χ1) is 7.56. The largest absolute Gasteiger partial charge is 0.316 e. The van der Waals surface area contributed by atoms with Gasteiger partial charge in [0.15, 0.2) is 0 Å². The normalized spacial score (nSPS) is 12.6. The molecule has 1 aromatic rings. The van der Waals surface area contributed by atoms with E-state index in [1.165, 1.54) is 5.56 Å². The summed E-state index contributed by atoms with van der Waals surface area (Å²) in [7, 11) is 1.63. The van der Waals surface area contributed by atoms with Gasteiger partial charge in [0.2, 0.25) is 0 Å².